The molecular formula is C12H18N2O2. The average Bonchev–Trinajstić information content (AvgIpc) is 2.28. The lowest BCUT2D eigenvalue weighted by molar-refractivity contribution is -0.118. The molecule has 0 radical (unpaired) electrons. The van der Waals surface area contributed by atoms with Crippen molar-refractivity contribution in [3.05, 3.63) is 29.8 Å². The van der Waals surface area contributed by atoms with Crippen molar-refractivity contribution in [3.63, 3.8) is 0 Å². The summed E-state index contributed by atoms with van der Waals surface area (Å²) >= 11 is 0. The summed E-state index contributed by atoms with van der Waals surface area (Å²) in [6.45, 7) is 3.75. The van der Waals surface area contributed by atoms with Crippen molar-refractivity contribution >= 4 is 11.6 Å². The molecule has 16 heavy (non-hydrogen) atoms. The molecule has 0 spiro atoms. The number of nitrogens with two attached hydrogens (primary N) is 1. The lowest BCUT2D eigenvalue weighted by Crippen LogP contribution is -2.38. The van der Waals surface area contributed by atoms with E-state index in [2.05, 4.69) is 19.2 Å². The van der Waals surface area contributed by atoms with Gasteiger partial charge in [0, 0.05) is 5.69 Å². The molecule has 0 fully saturated rings. The fourth-order valence-electron chi connectivity index (χ4n) is 1.42. The maximum Gasteiger partial charge on any atom is 0.243 e. The summed E-state index contributed by atoms with van der Waals surface area (Å²) in [7, 11) is 0. The van der Waals surface area contributed by atoms with E-state index in [1.807, 2.05) is 24.3 Å². The summed E-state index contributed by atoms with van der Waals surface area (Å²) in [4.78, 5) is 11.5. The SMILES string of the molecule is CC(C)c1ccccc1NC(=O)C(N)CO. The lowest BCUT2D eigenvalue weighted by Gasteiger charge is -2.15. The number of rotatable bonds is 4. The summed E-state index contributed by atoms with van der Waals surface area (Å²) in [6.07, 6.45) is 0. The van der Waals surface area contributed by atoms with E-state index in [4.69, 9.17) is 10.8 Å². The summed E-state index contributed by atoms with van der Waals surface area (Å²) in [5, 5.41) is 11.5. The molecule has 0 bridgehead atoms. The van der Waals surface area contributed by atoms with Crippen LogP contribution in [-0.4, -0.2) is 23.7 Å². The Morgan fingerprint density at radius 3 is 2.62 bits per heavy atom. The predicted octanol–water partition coefficient (Wildman–Crippen LogP) is 1.07. The van der Waals surface area contributed by atoms with Gasteiger partial charge in [0.05, 0.1) is 6.61 Å². The quantitative estimate of drug-likeness (QED) is 0.713. The molecular weight excluding hydrogens is 204 g/mol. The normalized spacial score (nSPS) is 12.6. The van der Waals surface area contributed by atoms with Gasteiger partial charge in [-0.25, -0.2) is 0 Å². The van der Waals surface area contributed by atoms with Gasteiger partial charge in [-0.05, 0) is 17.5 Å². The van der Waals surface area contributed by atoms with Crippen LogP contribution in [0.3, 0.4) is 0 Å². The molecule has 0 aromatic heterocycles. The van der Waals surface area contributed by atoms with Crippen LogP contribution in [0.15, 0.2) is 24.3 Å². The number of nitrogens with one attached hydrogen (secondary N) is 1. The second kappa shape index (κ2) is 5.63. The van der Waals surface area contributed by atoms with Crippen LogP contribution in [0.4, 0.5) is 5.69 Å². The average molecular weight is 222 g/mol. The van der Waals surface area contributed by atoms with Crippen molar-refractivity contribution in [2.45, 2.75) is 25.8 Å². The molecule has 88 valence electrons. The highest BCUT2D eigenvalue weighted by Crippen LogP contribution is 2.23. The molecule has 0 aliphatic heterocycles. The van der Waals surface area contributed by atoms with Crippen LogP contribution in [0.25, 0.3) is 0 Å². The molecule has 0 aliphatic carbocycles. The van der Waals surface area contributed by atoms with Crippen LogP contribution in [0.2, 0.25) is 0 Å². The zero-order chi connectivity index (χ0) is 12.1. The van der Waals surface area contributed by atoms with Crippen molar-refractivity contribution in [1.29, 1.82) is 0 Å². The molecule has 1 aromatic carbocycles. The van der Waals surface area contributed by atoms with Crippen molar-refractivity contribution in [1.82, 2.24) is 0 Å². The molecule has 1 amide bonds. The first-order chi connectivity index (χ1) is 7.56. The molecule has 4 nitrogen and oxygen atoms in total. The maximum atomic E-state index is 11.5. The number of anilines is 1. The highest BCUT2D eigenvalue weighted by atomic mass is 16.3. The number of para-hydroxylation sites is 1. The minimum Gasteiger partial charge on any atom is -0.394 e. The molecule has 4 N–H and O–H groups in total. The van der Waals surface area contributed by atoms with Crippen molar-refractivity contribution in [2.75, 3.05) is 11.9 Å². The number of aliphatic hydroxyl groups excluding tert-OH is 1. The molecule has 1 atom stereocenters. The first kappa shape index (κ1) is 12.7. The van der Waals surface area contributed by atoms with E-state index in [-0.39, 0.29) is 12.5 Å². The van der Waals surface area contributed by atoms with E-state index in [9.17, 15) is 4.79 Å². The third-order valence-electron chi connectivity index (χ3n) is 2.37. The Kier molecular flexibility index (Phi) is 4.46. The van der Waals surface area contributed by atoms with Gasteiger partial charge in [-0.15, -0.1) is 0 Å². The lowest BCUT2D eigenvalue weighted by atomic mass is 10.0. The topological polar surface area (TPSA) is 75.4 Å². The number of amides is 1. The van der Waals surface area contributed by atoms with E-state index in [0.29, 0.717) is 5.92 Å². The fraction of sp³-hybridized carbons (Fsp3) is 0.417. The second-order valence-corrected chi connectivity index (χ2v) is 4.02. The number of hydrogen-bond acceptors (Lipinski definition) is 3. The van der Waals surface area contributed by atoms with Gasteiger partial charge in [0.15, 0.2) is 0 Å². The first-order valence-corrected chi connectivity index (χ1v) is 5.32. The third kappa shape index (κ3) is 3.05. The van der Waals surface area contributed by atoms with E-state index >= 15 is 0 Å². The monoisotopic (exact) mass is 222 g/mol. The number of hydrogen-bond donors (Lipinski definition) is 3. The fourth-order valence-corrected chi connectivity index (χ4v) is 1.42. The second-order valence-electron chi connectivity index (χ2n) is 4.02. The molecule has 4 heteroatoms. The summed E-state index contributed by atoms with van der Waals surface area (Å²) in [5.74, 6) is -0.0440. The largest absolute Gasteiger partial charge is 0.394 e. The van der Waals surface area contributed by atoms with Gasteiger partial charge in [-0.3, -0.25) is 4.79 Å². The summed E-state index contributed by atoms with van der Waals surface area (Å²) < 4.78 is 0. The predicted molar refractivity (Wildman–Crippen MR) is 64.2 cm³/mol. The molecule has 1 aromatic rings. The van der Waals surface area contributed by atoms with Crippen LogP contribution < -0.4 is 11.1 Å². The molecule has 0 aliphatic rings. The number of carbonyl (C=O) groups excluding carboxylic acids is 1. The van der Waals surface area contributed by atoms with Crippen molar-refractivity contribution < 1.29 is 9.90 Å². The van der Waals surface area contributed by atoms with E-state index in [1.54, 1.807) is 0 Å². The Hall–Kier alpha value is -1.39. The van der Waals surface area contributed by atoms with Gasteiger partial charge < -0.3 is 16.2 Å². The standard InChI is InChI=1S/C12H18N2O2/c1-8(2)9-5-3-4-6-11(9)14-12(16)10(13)7-15/h3-6,8,10,15H,7,13H2,1-2H3,(H,14,16). The maximum absolute atomic E-state index is 11.5. The molecule has 0 saturated carbocycles. The van der Waals surface area contributed by atoms with E-state index in [1.165, 1.54) is 0 Å². The Morgan fingerprint density at radius 1 is 1.44 bits per heavy atom. The van der Waals surface area contributed by atoms with E-state index in [0.717, 1.165) is 11.3 Å². The number of benzene rings is 1. The highest BCUT2D eigenvalue weighted by Gasteiger charge is 2.14. The van der Waals surface area contributed by atoms with Gasteiger partial charge >= 0.3 is 0 Å². The van der Waals surface area contributed by atoms with Crippen LogP contribution in [0.1, 0.15) is 25.3 Å². The van der Waals surface area contributed by atoms with Crippen molar-refractivity contribution in [3.8, 4) is 0 Å². The van der Waals surface area contributed by atoms with Crippen molar-refractivity contribution in [2.24, 2.45) is 5.73 Å². The van der Waals surface area contributed by atoms with Crippen LogP contribution in [-0.2, 0) is 4.79 Å². The molecule has 1 rings (SSSR count). The zero-order valence-electron chi connectivity index (χ0n) is 9.60. The zero-order valence-corrected chi connectivity index (χ0v) is 9.60. The third-order valence-corrected chi connectivity index (χ3v) is 2.37. The number of aliphatic hydroxyl groups is 1. The first-order valence-electron chi connectivity index (χ1n) is 5.32. The molecule has 1 unspecified atom stereocenters. The van der Waals surface area contributed by atoms with Crippen LogP contribution in [0, 0.1) is 0 Å². The minimum atomic E-state index is -0.875. The summed E-state index contributed by atoms with van der Waals surface area (Å²) in [6, 6.07) is 6.70. The van der Waals surface area contributed by atoms with Gasteiger partial charge in [0.25, 0.3) is 0 Å². The van der Waals surface area contributed by atoms with Gasteiger partial charge in [0.2, 0.25) is 5.91 Å². The summed E-state index contributed by atoms with van der Waals surface area (Å²) in [5.41, 5.74) is 7.24. The smallest absolute Gasteiger partial charge is 0.243 e. The highest BCUT2D eigenvalue weighted by molar-refractivity contribution is 5.95. The Morgan fingerprint density at radius 2 is 2.06 bits per heavy atom. The van der Waals surface area contributed by atoms with Crippen LogP contribution in [0.5, 0.6) is 0 Å². The number of carbonyl (C=O) groups is 1. The Balaban J connectivity index is 2.84. The molecule has 0 saturated heterocycles. The minimum absolute atomic E-state index is 0.321. The van der Waals surface area contributed by atoms with E-state index < -0.39 is 6.04 Å². The van der Waals surface area contributed by atoms with Gasteiger partial charge in [-0.2, -0.15) is 0 Å². The van der Waals surface area contributed by atoms with Crippen LogP contribution >= 0.6 is 0 Å². The van der Waals surface area contributed by atoms with Gasteiger partial charge in [-0.1, -0.05) is 32.0 Å². The Bertz CT molecular complexity index is 364. The van der Waals surface area contributed by atoms with Gasteiger partial charge in [0.1, 0.15) is 6.04 Å². The Labute approximate surface area is 95.5 Å². The molecule has 0 heterocycles.